The van der Waals surface area contributed by atoms with Crippen molar-refractivity contribution in [2.75, 3.05) is 6.26 Å². The van der Waals surface area contributed by atoms with E-state index in [1.54, 1.807) is 18.2 Å². The number of hydrogen-bond donors (Lipinski definition) is 0. The predicted octanol–water partition coefficient (Wildman–Crippen LogP) is 0.468. The van der Waals surface area contributed by atoms with E-state index in [0.717, 1.165) is 5.46 Å². The van der Waals surface area contributed by atoms with E-state index >= 15 is 0 Å². The van der Waals surface area contributed by atoms with Crippen LogP contribution in [0.1, 0.15) is 0 Å². The lowest BCUT2D eigenvalue weighted by Gasteiger charge is -1.99. The van der Waals surface area contributed by atoms with Crippen LogP contribution in [0.15, 0.2) is 29.2 Å². The Hall–Kier alpha value is -0.765. The Bertz CT molecular complexity index is 370. The highest BCUT2D eigenvalue weighted by Gasteiger charge is 2.05. The predicted molar refractivity (Wildman–Crippen MR) is 50.8 cm³/mol. The number of sulfone groups is 1. The van der Waals surface area contributed by atoms with Gasteiger partial charge in [-0.1, -0.05) is 24.4 Å². The monoisotopic (exact) mass is 181 g/mol. The van der Waals surface area contributed by atoms with Gasteiger partial charge in [0.2, 0.25) is 0 Å². The van der Waals surface area contributed by atoms with Crippen LogP contribution in [0, 0.1) is 0 Å². The summed E-state index contributed by atoms with van der Waals surface area (Å²) in [5.74, 6) is 0. The van der Waals surface area contributed by atoms with Crippen molar-refractivity contribution in [1.82, 2.24) is 0 Å². The van der Waals surface area contributed by atoms with Crippen LogP contribution in [0.2, 0.25) is 6.82 Å². The molecule has 1 aromatic rings. The molecular weight excluding hydrogens is 171 g/mol. The first-order chi connectivity index (χ1) is 5.54. The average molecular weight is 181 g/mol. The number of rotatable bonds is 2. The molecule has 0 unspecified atom stereocenters. The van der Waals surface area contributed by atoms with Crippen LogP contribution in [0.3, 0.4) is 0 Å². The van der Waals surface area contributed by atoms with Crippen LogP contribution in [-0.4, -0.2) is 22.0 Å². The maximum absolute atomic E-state index is 11.1. The summed E-state index contributed by atoms with van der Waals surface area (Å²) < 4.78 is 22.2. The fraction of sp³-hybridized carbons (Fsp3) is 0.250. The van der Waals surface area contributed by atoms with Gasteiger partial charge < -0.3 is 0 Å². The quantitative estimate of drug-likeness (QED) is 0.621. The molecule has 12 heavy (non-hydrogen) atoms. The van der Waals surface area contributed by atoms with Crippen LogP contribution in [0.25, 0.3) is 0 Å². The number of benzene rings is 1. The summed E-state index contributed by atoms with van der Waals surface area (Å²) in [6, 6.07) is 6.87. The lowest BCUT2D eigenvalue weighted by Crippen LogP contribution is -2.12. The van der Waals surface area contributed by atoms with Crippen LogP contribution in [0.4, 0.5) is 0 Å². The zero-order valence-corrected chi connectivity index (χ0v) is 7.93. The highest BCUT2D eigenvalue weighted by atomic mass is 32.2. The van der Waals surface area contributed by atoms with E-state index in [4.69, 9.17) is 0 Å². The molecule has 1 rings (SSSR count). The van der Waals surface area contributed by atoms with E-state index < -0.39 is 9.84 Å². The second kappa shape index (κ2) is 3.31. The minimum atomic E-state index is -3.06. The number of hydrogen-bond acceptors (Lipinski definition) is 2. The summed E-state index contributed by atoms with van der Waals surface area (Å²) in [5.41, 5.74) is 0.929. The highest BCUT2D eigenvalue weighted by Crippen LogP contribution is 2.04. The molecule has 0 spiro atoms. The Morgan fingerprint density at radius 2 is 2.00 bits per heavy atom. The van der Waals surface area contributed by atoms with Crippen molar-refractivity contribution in [3.05, 3.63) is 24.3 Å². The smallest absolute Gasteiger partial charge is 0.175 e. The second-order valence-corrected chi connectivity index (χ2v) is 4.65. The third kappa shape index (κ3) is 2.11. The fourth-order valence-electron chi connectivity index (χ4n) is 0.925. The first kappa shape index (κ1) is 9.32. The van der Waals surface area contributed by atoms with Gasteiger partial charge in [-0.05, 0) is 12.1 Å². The lowest BCUT2D eigenvalue weighted by molar-refractivity contribution is 0.602. The molecule has 0 saturated carbocycles. The summed E-state index contributed by atoms with van der Waals surface area (Å²) in [7, 11) is -1.19. The third-order valence-electron chi connectivity index (χ3n) is 1.62. The molecule has 1 aromatic carbocycles. The van der Waals surface area contributed by atoms with Crippen molar-refractivity contribution in [2.24, 2.45) is 0 Å². The van der Waals surface area contributed by atoms with Gasteiger partial charge in [0.1, 0.15) is 7.28 Å². The Labute approximate surface area is 73.8 Å². The van der Waals surface area contributed by atoms with Gasteiger partial charge in [-0.15, -0.1) is 0 Å². The van der Waals surface area contributed by atoms with Crippen molar-refractivity contribution in [3.63, 3.8) is 0 Å². The lowest BCUT2D eigenvalue weighted by atomic mass is 9.74. The highest BCUT2D eigenvalue weighted by molar-refractivity contribution is 7.90. The molecule has 1 radical (unpaired) electrons. The molecule has 0 heterocycles. The van der Waals surface area contributed by atoms with E-state index in [1.165, 1.54) is 6.26 Å². The molecule has 0 atom stereocenters. The van der Waals surface area contributed by atoms with Gasteiger partial charge in [0.15, 0.2) is 9.84 Å². The first-order valence-electron chi connectivity index (χ1n) is 3.63. The van der Waals surface area contributed by atoms with Crippen molar-refractivity contribution in [3.8, 4) is 0 Å². The maximum atomic E-state index is 11.1. The van der Waals surface area contributed by atoms with E-state index in [1.807, 2.05) is 20.2 Å². The Morgan fingerprint density at radius 1 is 1.33 bits per heavy atom. The molecule has 0 aliphatic rings. The van der Waals surface area contributed by atoms with Crippen molar-refractivity contribution in [1.29, 1.82) is 0 Å². The standard InChI is InChI=1S/C8H10BO2S/c1-9-7-4-3-5-8(6-7)12(2,10)11/h3-6H,1-2H3. The fourth-order valence-corrected chi connectivity index (χ4v) is 1.60. The van der Waals surface area contributed by atoms with Gasteiger partial charge in [0.25, 0.3) is 0 Å². The summed E-state index contributed by atoms with van der Waals surface area (Å²) in [4.78, 5) is 0.373. The molecule has 0 aliphatic heterocycles. The minimum absolute atomic E-state index is 0.373. The first-order valence-corrected chi connectivity index (χ1v) is 5.52. The largest absolute Gasteiger partial charge is 0.224 e. The van der Waals surface area contributed by atoms with Crippen molar-refractivity contribution < 1.29 is 8.42 Å². The molecule has 0 aliphatic carbocycles. The average Bonchev–Trinajstić information content (AvgIpc) is 2.03. The molecule has 0 saturated heterocycles. The molecule has 0 fully saturated rings. The maximum Gasteiger partial charge on any atom is 0.175 e. The SMILES string of the molecule is C[B]c1cccc(S(C)(=O)=O)c1. The molecule has 0 bridgehead atoms. The normalized spacial score (nSPS) is 11.2. The van der Waals surface area contributed by atoms with Crippen molar-refractivity contribution >= 4 is 22.6 Å². The minimum Gasteiger partial charge on any atom is -0.224 e. The van der Waals surface area contributed by atoms with Crippen LogP contribution < -0.4 is 5.46 Å². The molecule has 0 N–H and O–H groups in total. The van der Waals surface area contributed by atoms with Gasteiger partial charge in [0.05, 0.1) is 4.90 Å². The zero-order valence-electron chi connectivity index (χ0n) is 7.11. The Morgan fingerprint density at radius 3 is 2.50 bits per heavy atom. The molecule has 0 aromatic heterocycles. The van der Waals surface area contributed by atoms with E-state index in [-0.39, 0.29) is 0 Å². The van der Waals surface area contributed by atoms with E-state index in [2.05, 4.69) is 0 Å². The van der Waals surface area contributed by atoms with E-state index in [0.29, 0.717) is 4.90 Å². The molecule has 4 heteroatoms. The van der Waals surface area contributed by atoms with Gasteiger partial charge in [0, 0.05) is 6.26 Å². The van der Waals surface area contributed by atoms with Gasteiger partial charge in [-0.3, -0.25) is 0 Å². The third-order valence-corrected chi connectivity index (χ3v) is 2.73. The molecule has 0 amide bonds. The molecule has 63 valence electrons. The second-order valence-electron chi connectivity index (χ2n) is 2.63. The van der Waals surface area contributed by atoms with Gasteiger partial charge in [-0.25, -0.2) is 8.42 Å². The Kier molecular flexibility index (Phi) is 2.57. The summed E-state index contributed by atoms with van der Waals surface area (Å²) >= 11 is 0. The van der Waals surface area contributed by atoms with Crippen molar-refractivity contribution in [2.45, 2.75) is 11.7 Å². The summed E-state index contributed by atoms with van der Waals surface area (Å²) in [6.07, 6.45) is 1.21. The Balaban J connectivity index is 3.20. The van der Waals surface area contributed by atoms with Gasteiger partial charge in [-0.2, -0.15) is 0 Å². The van der Waals surface area contributed by atoms with Gasteiger partial charge >= 0.3 is 0 Å². The summed E-state index contributed by atoms with van der Waals surface area (Å²) in [5, 5.41) is 0. The molecule has 2 nitrogen and oxygen atoms in total. The summed E-state index contributed by atoms with van der Waals surface area (Å²) in [6.45, 7) is 1.88. The van der Waals surface area contributed by atoms with Crippen LogP contribution >= 0.6 is 0 Å². The topological polar surface area (TPSA) is 34.1 Å². The van der Waals surface area contributed by atoms with Crippen LogP contribution in [-0.2, 0) is 9.84 Å². The zero-order chi connectivity index (χ0) is 9.19. The molecular formula is C8H10BO2S. The van der Waals surface area contributed by atoms with Crippen LogP contribution in [0.5, 0.6) is 0 Å². The van der Waals surface area contributed by atoms with E-state index in [9.17, 15) is 8.42 Å².